The molecule has 0 aliphatic rings. The number of para-hydroxylation sites is 1. The Bertz CT molecular complexity index is 1160. The molecule has 0 aliphatic carbocycles. The second kappa shape index (κ2) is 7.13. The van der Waals surface area contributed by atoms with E-state index in [1.54, 1.807) is 6.07 Å². The van der Waals surface area contributed by atoms with E-state index in [1.807, 2.05) is 31.2 Å². The molecule has 4 aromatic rings. The zero-order valence-electron chi connectivity index (χ0n) is 14.9. The van der Waals surface area contributed by atoms with Gasteiger partial charge in [0.05, 0.1) is 10.7 Å². The highest BCUT2D eigenvalue weighted by molar-refractivity contribution is 7.22. The summed E-state index contributed by atoms with van der Waals surface area (Å²) in [5.41, 5.74) is 4.00. The van der Waals surface area contributed by atoms with Crippen LogP contribution in [-0.4, -0.2) is 14.5 Å². The SMILES string of the molecule is CCc1ccc(Nc2nc3ncn(-c4c(C)cccc4Cl)c(=O)c3s2)cc1. The molecule has 2 aromatic carbocycles. The van der Waals surface area contributed by atoms with Crippen LogP contribution >= 0.6 is 22.9 Å². The van der Waals surface area contributed by atoms with Gasteiger partial charge in [-0.25, -0.2) is 4.98 Å². The van der Waals surface area contributed by atoms with Crippen molar-refractivity contribution >= 4 is 44.1 Å². The summed E-state index contributed by atoms with van der Waals surface area (Å²) in [6.45, 7) is 4.03. The fraction of sp³-hybridized carbons (Fsp3) is 0.150. The van der Waals surface area contributed by atoms with Crippen LogP contribution in [0.25, 0.3) is 16.0 Å². The number of rotatable bonds is 4. The molecule has 0 saturated carbocycles. The molecule has 2 heterocycles. The fourth-order valence-corrected chi connectivity index (χ4v) is 4.08. The van der Waals surface area contributed by atoms with Crippen molar-refractivity contribution in [2.45, 2.75) is 20.3 Å². The number of aryl methyl sites for hydroxylation is 2. The molecule has 0 unspecified atom stereocenters. The van der Waals surface area contributed by atoms with Crippen LogP contribution in [-0.2, 0) is 6.42 Å². The zero-order chi connectivity index (χ0) is 19.0. The molecule has 0 fully saturated rings. The Kier molecular flexibility index (Phi) is 4.68. The number of aromatic nitrogens is 3. The summed E-state index contributed by atoms with van der Waals surface area (Å²) in [6.07, 6.45) is 2.48. The van der Waals surface area contributed by atoms with E-state index in [1.165, 1.54) is 27.8 Å². The quantitative estimate of drug-likeness (QED) is 0.520. The molecule has 0 aliphatic heterocycles. The number of benzene rings is 2. The number of hydrogen-bond donors (Lipinski definition) is 1. The number of anilines is 2. The van der Waals surface area contributed by atoms with Crippen molar-refractivity contribution in [3.63, 3.8) is 0 Å². The Labute approximate surface area is 165 Å². The van der Waals surface area contributed by atoms with Gasteiger partial charge >= 0.3 is 0 Å². The monoisotopic (exact) mass is 396 g/mol. The summed E-state index contributed by atoms with van der Waals surface area (Å²) in [5.74, 6) is 0. The average Bonchev–Trinajstić information content (AvgIpc) is 3.07. The Hall–Kier alpha value is -2.70. The molecule has 7 heteroatoms. The summed E-state index contributed by atoms with van der Waals surface area (Å²) >= 11 is 7.60. The number of fused-ring (bicyclic) bond motifs is 1. The highest BCUT2D eigenvalue weighted by Gasteiger charge is 2.14. The number of thiazole rings is 1. The molecule has 136 valence electrons. The number of halogens is 1. The van der Waals surface area contributed by atoms with Crippen LogP contribution in [0.5, 0.6) is 0 Å². The van der Waals surface area contributed by atoms with E-state index < -0.39 is 0 Å². The standard InChI is InChI=1S/C20H17ClN4OS/c1-3-13-7-9-14(10-8-13)23-20-24-18-17(27-20)19(26)25(11-22-18)16-12(2)5-4-6-15(16)21/h4-11H,3H2,1-2H3,(H,23,24). The first kappa shape index (κ1) is 17.7. The summed E-state index contributed by atoms with van der Waals surface area (Å²) in [6, 6.07) is 13.7. The van der Waals surface area contributed by atoms with Gasteiger partial charge in [-0.3, -0.25) is 9.36 Å². The zero-order valence-corrected chi connectivity index (χ0v) is 16.4. The first-order valence-corrected chi connectivity index (χ1v) is 9.76. The van der Waals surface area contributed by atoms with Gasteiger partial charge in [-0.2, -0.15) is 4.98 Å². The van der Waals surface area contributed by atoms with Crippen molar-refractivity contribution in [3.8, 4) is 5.69 Å². The summed E-state index contributed by atoms with van der Waals surface area (Å²) in [4.78, 5) is 21.8. The topological polar surface area (TPSA) is 59.8 Å². The summed E-state index contributed by atoms with van der Waals surface area (Å²) < 4.78 is 1.97. The van der Waals surface area contributed by atoms with Crippen molar-refractivity contribution in [1.82, 2.24) is 14.5 Å². The maximum Gasteiger partial charge on any atom is 0.277 e. The first-order chi connectivity index (χ1) is 13.1. The van der Waals surface area contributed by atoms with Gasteiger partial charge in [-0.05, 0) is 42.7 Å². The van der Waals surface area contributed by atoms with Gasteiger partial charge in [-0.1, -0.05) is 54.1 Å². The van der Waals surface area contributed by atoms with Gasteiger partial charge < -0.3 is 5.32 Å². The van der Waals surface area contributed by atoms with Gasteiger partial charge in [0, 0.05) is 5.69 Å². The van der Waals surface area contributed by atoms with Crippen molar-refractivity contribution in [3.05, 3.63) is 75.3 Å². The third-order valence-electron chi connectivity index (χ3n) is 4.36. The second-order valence-electron chi connectivity index (χ2n) is 6.17. The molecule has 0 bridgehead atoms. The molecular weight excluding hydrogens is 380 g/mol. The normalized spacial score (nSPS) is 11.1. The predicted molar refractivity (Wildman–Crippen MR) is 112 cm³/mol. The Balaban J connectivity index is 1.75. The van der Waals surface area contributed by atoms with Gasteiger partial charge in [0.1, 0.15) is 11.0 Å². The minimum Gasteiger partial charge on any atom is -0.331 e. The van der Waals surface area contributed by atoms with Crippen molar-refractivity contribution < 1.29 is 0 Å². The Morgan fingerprint density at radius 1 is 1.19 bits per heavy atom. The average molecular weight is 397 g/mol. The molecule has 2 aromatic heterocycles. The highest BCUT2D eigenvalue weighted by atomic mass is 35.5. The Morgan fingerprint density at radius 3 is 2.67 bits per heavy atom. The van der Waals surface area contributed by atoms with E-state index in [0.29, 0.717) is 26.2 Å². The molecule has 4 rings (SSSR count). The smallest absolute Gasteiger partial charge is 0.277 e. The lowest BCUT2D eigenvalue weighted by molar-refractivity contribution is 0.952. The van der Waals surface area contributed by atoms with Crippen molar-refractivity contribution in [1.29, 1.82) is 0 Å². The molecular formula is C20H17ClN4OS. The lowest BCUT2D eigenvalue weighted by Crippen LogP contribution is -2.19. The largest absolute Gasteiger partial charge is 0.331 e. The third-order valence-corrected chi connectivity index (χ3v) is 5.61. The van der Waals surface area contributed by atoms with Crippen molar-refractivity contribution in [2.24, 2.45) is 0 Å². The number of hydrogen-bond acceptors (Lipinski definition) is 5. The maximum atomic E-state index is 13.0. The summed E-state index contributed by atoms with van der Waals surface area (Å²) in [7, 11) is 0. The molecule has 0 spiro atoms. The maximum absolute atomic E-state index is 13.0. The molecule has 27 heavy (non-hydrogen) atoms. The van der Waals surface area contributed by atoms with Gasteiger partial charge in [0.25, 0.3) is 5.56 Å². The first-order valence-electron chi connectivity index (χ1n) is 8.56. The number of nitrogens with one attached hydrogen (secondary N) is 1. The Morgan fingerprint density at radius 2 is 1.96 bits per heavy atom. The summed E-state index contributed by atoms with van der Waals surface area (Å²) in [5, 5.41) is 4.39. The minimum absolute atomic E-state index is 0.178. The van der Waals surface area contributed by atoms with E-state index in [4.69, 9.17) is 11.6 Å². The number of nitrogens with zero attached hydrogens (tertiary/aromatic N) is 3. The molecule has 0 saturated heterocycles. The molecule has 5 nitrogen and oxygen atoms in total. The van der Waals surface area contributed by atoms with E-state index >= 15 is 0 Å². The lowest BCUT2D eigenvalue weighted by Gasteiger charge is -2.10. The second-order valence-corrected chi connectivity index (χ2v) is 7.58. The fourth-order valence-electron chi connectivity index (χ4n) is 2.90. The lowest BCUT2D eigenvalue weighted by atomic mass is 10.1. The van der Waals surface area contributed by atoms with Gasteiger partial charge in [0.15, 0.2) is 10.8 Å². The third kappa shape index (κ3) is 3.34. The minimum atomic E-state index is -0.178. The van der Waals surface area contributed by atoms with Crippen LogP contribution in [0.4, 0.5) is 10.8 Å². The molecule has 0 radical (unpaired) electrons. The van der Waals surface area contributed by atoms with Crippen LogP contribution in [0.2, 0.25) is 5.02 Å². The van der Waals surface area contributed by atoms with E-state index in [9.17, 15) is 4.79 Å². The molecule has 0 amide bonds. The predicted octanol–water partition coefficient (Wildman–Crippen LogP) is 5.11. The van der Waals surface area contributed by atoms with E-state index in [-0.39, 0.29) is 5.56 Å². The van der Waals surface area contributed by atoms with Crippen LogP contribution in [0.1, 0.15) is 18.1 Å². The van der Waals surface area contributed by atoms with Crippen LogP contribution in [0.15, 0.2) is 53.6 Å². The van der Waals surface area contributed by atoms with Crippen LogP contribution in [0, 0.1) is 6.92 Å². The van der Waals surface area contributed by atoms with Crippen molar-refractivity contribution in [2.75, 3.05) is 5.32 Å². The van der Waals surface area contributed by atoms with E-state index in [0.717, 1.165) is 17.7 Å². The van der Waals surface area contributed by atoms with Gasteiger partial charge in [-0.15, -0.1) is 0 Å². The molecule has 1 N–H and O–H groups in total. The van der Waals surface area contributed by atoms with Crippen LogP contribution < -0.4 is 10.9 Å². The molecule has 0 atom stereocenters. The van der Waals surface area contributed by atoms with E-state index in [2.05, 4.69) is 34.3 Å². The van der Waals surface area contributed by atoms with Gasteiger partial charge in [0.2, 0.25) is 0 Å². The highest BCUT2D eigenvalue weighted by Crippen LogP contribution is 2.27. The van der Waals surface area contributed by atoms with Crippen LogP contribution in [0.3, 0.4) is 0 Å².